The third kappa shape index (κ3) is 3.18. The Hall–Kier alpha value is -2.29. The van der Waals surface area contributed by atoms with Crippen molar-refractivity contribution in [2.75, 3.05) is 10.6 Å². The van der Waals surface area contributed by atoms with E-state index in [9.17, 15) is 4.79 Å². The van der Waals surface area contributed by atoms with Gasteiger partial charge < -0.3 is 10.6 Å². The van der Waals surface area contributed by atoms with Crippen LogP contribution in [0, 0.1) is 13.8 Å². The van der Waals surface area contributed by atoms with Crippen molar-refractivity contribution in [3.8, 4) is 0 Å². The molecule has 0 saturated heterocycles. The number of rotatable bonds is 3. The molecule has 0 spiro atoms. The first-order chi connectivity index (χ1) is 9.61. The van der Waals surface area contributed by atoms with E-state index in [1.165, 1.54) is 0 Å². The summed E-state index contributed by atoms with van der Waals surface area (Å²) >= 11 is 0. The smallest absolute Gasteiger partial charge is 0.307 e. The van der Waals surface area contributed by atoms with E-state index in [1.54, 1.807) is 0 Å². The molecule has 0 aromatic heterocycles. The van der Waals surface area contributed by atoms with E-state index in [0.29, 0.717) is 0 Å². The summed E-state index contributed by atoms with van der Waals surface area (Å²) in [6.45, 7) is 6.06. The third-order valence-corrected chi connectivity index (χ3v) is 3.37. The molecular weight excluding hydrogens is 248 g/mol. The maximum absolute atomic E-state index is 12.1. The minimum absolute atomic E-state index is 0.205. The molecule has 2 rings (SSSR count). The zero-order chi connectivity index (χ0) is 14.5. The maximum Gasteiger partial charge on any atom is 0.323 e. The number of carbonyl (C=O) groups is 1. The molecule has 0 radical (unpaired) electrons. The summed E-state index contributed by atoms with van der Waals surface area (Å²) in [5.74, 6) is 0. The molecule has 2 aromatic carbocycles. The Morgan fingerprint density at radius 3 is 2.35 bits per heavy atom. The van der Waals surface area contributed by atoms with Crippen LogP contribution in [0.2, 0.25) is 0 Å². The topological polar surface area (TPSA) is 41.1 Å². The van der Waals surface area contributed by atoms with Crippen molar-refractivity contribution in [2.45, 2.75) is 27.2 Å². The van der Waals surface area contributed by atoms with E-state index in [4.69, 9.17) is 0 Å². The van der Waals surface area contributed by atoms with Crippen molar-refractivity contribution in [2.24, 2.45) is 0 Å². The molecule has 0 unspecified atom stereocenters. The van der Waals surface area contributed by atoms with Gasteiger partial charge in [-0.2, -0.15) is 0 Å². The van der Waals surface area contributed by atoms with Crippen LogP contribution in [0.3, 0.4) is 0 Å². The highest BCUT2D eigenvalue weighted by molar-refractivity contribution is 6.01. The number of amides is 2. The summed E-state index contributed by atoms with van der Waals surface area (Å²) in [5, 5.41) is 5.84. The van der Waals surface area contributed by atoms with Gasteiger partial charge >= 0.3 is 6.03 Å². The van der Waals surface area contributed by atoms with Crippen LogP contribution in [0.15, 0.2) is 42.5 Å². The minimum Gasteiger partial charge on any atom is -0.307 e. The molecule has 0 atom stereocenters. The second-order valence-electron chi connectivity index (χ2n) is 4.86. The molecule has 0 aliphatic rings. The van der Waals surface area contributed by atoms with Crippen molar-refractivity contribution in [3.63, 3.8) is 0 Å². The number of urea groups is 1. The molecule has 0 fully saturated rings. The lowest BCUT2D eigenvalue weighted by atomic mass is 10.1. The largest absolute Gasteiger partial charge is 0.323 e. The van der Waals surface area contributed by atoms with E-state index in [-0.39, 0.29) is 6.03 Å². The highest BCUT2D eigenvalue weighted by Gasteiger charge is 2.09. The number of benzene rings is 2. The van der Waals surface area contributed by atoms with E-state index < -0.39 is 0 Å². The average molecular weight is 268 g/mol. The zero-order valence-electron chi connectivity index (χ0n) is 12.2. The van der Waals surface area contributed by atoms with Crippen LogP contribution >= 0.6 is 0 Å². The summed E-state index contributed by atoms with van der Waals surface area (Å²) in [6, 6.07) is 13.6. The molecule has 3 heteroatoms. The second-order valence-corrected chi connectivity index (χ2v) is 4.86. The molecule has 0 heterocycles. The molecule has 2 amide bonds. The van der Waals surface area contributed by atoms with E-state index in [2.05, 4.69) is 17.6 Å². The Bertz CT molecular complexity index is 620. The molecule has 20 heavy (non-hydrogen) atoms. The Labute approximate surface area is 120 Å². The predicted molar refractivity (Wildman–Crippen MR) is 84.4 cm³/mol. The van der Waals surface area contributed by atoms with Gasteiger partial charge in [-0.05, 0) is 43.0 Å². The van der Waals surface area contributed by atoms with Crippen LogP contribution in [0.25, 0.3) is 0 Å². The molecule has 0 saturated carbocycles. The molecular formula is C17H20N2O. The van der Waals surface area contributed by atoms with Crippen molar-refractivity contribution < 1.29 is 4.79 Å². The molecule has 0 aliphatic carbocycles. The quantitative estimate of drug-likeness (QED) is 0.844. The molecule has 0 bridgehead atoms. The Morgan fingerprint density at radius 1 is 0.950 bits per heavy atom. The predicted octanol–water partition coefficient (Wildman–Crippen LogP) is 4.51. The first-order valence-corrected chi connectivity index (χ1v) is 6.84. The van der Waals surface area contributed by atoms with Crippen molar-refractivity contribution in [3.05, 3.63) is 59.2 Å². The van der Waals surface area contributed by atoms with Crippen LogP contribution in [-0.2, 0) is 6.42 Å². The Morgan fingerprint density at radius 2 is 1.65 bits per heavy atom. The van der Waals surface area contributed by atoms with E-state index >= 15 is 0 Å². The normalized spacial score (nSPS) is 10.2. The maximum atomic E-state index is 12.1. The SMILES string of the molecule is CCc1cccc(C)c1NC(=O)Nc1ccccc1C. The Balaban J connectivity index is 2.15. The van der Waals surface area contributed by atoms with Crippen LogP contribution in [0.5, 0.6) is 0 Å². The molecule has 0 aliphatic heterocycles. The summed E-state index contributed by atoms with van der Waals surface area (Å²) in [5.41, 5.74) is 5.00. The summed E-state index contributed by atoms with van der Waals surface area (Å²) in [6.07, 6.45) is 0.891. The van der Waals surface area contributed by atoms with Gasteiger partial charge in [0.05, 0.1) is 0 Å². The number of aryl methyl sites for hydroxylation is 3. The summed E-state index contributed by atoms with van der Waals surface area (Å²) in [7, 11) is 0. The number of anilines is 2. The minimum atomic E-state index is -0.205. The molecule has 104 valence electrons. The first-order valence-electron chi connectivity index (χ1n) is 6.84. The van der Waals surface area contributed by atoms with E-state index in [1.807, 2.05) is 56.3 Å². The lowest BCUT2D eigenvalue weighted by molar-refractivity contribution is 0.262. The molecule has 3 nitrogen and oxygen atoms in total. The van der Waals surface area contributed by atoms with Crippen LogP contribution in [-0.4, -0.2) is 6.03 Å². The molecule has 2 N–H and O–H groups in total. The van der Waals surface area contributed by atoms with Crippen molar-refractivity contribution in [1.82, 2.24) is 0 Å². The summed E-state index contributed by atoms with van der Waals surface area (Å²) < 4.78 is 0. The van der Waals surface area contributed by atoms with Crippen LogP contribution in [0.4, 0.5) is 16.2 Å². The fourth-order valence-corrected chi connectivity index (χ4v) is 2.18. The molecule has 2 aromatic rings. The zero-order valence-corrected chi connectivity index (χ0v) is 12.2. The standard InChI is InChI=1S/C17H20N2O/c1-4-14-10-7-9-13(3)16(14)19-17(20)18-15-11-6-5-8-12(15)2/h5-11H,4H2,1-3H3,(H2,18,19,20). The third-order valence-electron chi connectivity index (χ3n) is 3.37. The lowest BCUT2D eigenvalue weighted by Gasteiger charge is -2.14. The van der Waals surface area contributed by atoms with Gasteiger partial charge in [-0.25, -0.2) is 4.79 Å². The fraction of sp³-hybridized carbons (Fsp3) is 0.235. The fourth-order valence-electron chi connectivity index (χ4n) is 2.18. The second kappa shape index (κ2) is 6.24. The van der Waals surface area contributed by atoms with E-state index in [0.717, 1.165) is 34.5 Å². The first kappa shape index (κ1) is 14.1. The van der Waals surface area contributed by atoms with Crippen LogP contribution in [0.1, 0.15) is 23.6 Å². The van der Waals surface area contributed by atoms with Gasteiger partial charge in [0.1, 0.15) is 0 Å². The van der Waals surface area contributed by atoms with Gasteiger partial charge in [-0.15, -0.1) is 0 Å². The lowest BCUT2D eigenvalue weighted by Crippen LogP contribution is -2.21. The number of hydrogen-bond acceptors (Lipinski definition) is 1. The number of carbonyl (C=O) groups excluding carboxylic acids is 1. The summed E-state index contributed by atoms with van der Waals surface area (Å²) in [4.78, 5) is 12.1. The van der Waals surface area contributed by atoms with Gasteiger partial charge in [0.15, 0.2) is 0 Å². The van der Waals surface area contributed by atoms with Gasteiger partial charge in [-0.3, -0.25) is 0 Å². The number of para-hydroxylation sites is 2. The Kier molecular flexibility index (Phi) is 4.41. The number of hydrogen-bond donors (Lipinski definition) is 2. The van der Waals surface area contributed by atoms with Gasteiger partial charge in [0, 0.05) is 11.4 Å². The monoisotopic (exact) mass is 268 g/mol. The van der Waals surface area contributed by atoms with Gasteiger partial charge in [0.25, 0.3) is 0 Å². The van der Waals surface area contributed by atoms with Crippen LogP contribution < -0.4 is 10.6 Å². The highest BCUT2D eigenvalue weighted by atomic mass is 16.2. The van der Waals surface area contributed by atoms with Crippen molar-refractivity contribution in [1.29, 1.82) is 0 Å². The average Bonchev–Trinajstić information content (AvgIpc) is 2.43. The van der Waals surface area contributed by atoms with Crippen molar-refractivity contribution >= 4 is 17.4 Å². The highest BCUT2D eigenvalue weighted by Crippen LogP contribution is 2.21. The van der Waals surface area contributed by atoms with Gasteiger partial charge in [-0.1, -0.05) is 43.3 Å². The number of nitrogens with one attached hydrogen (secondary N) is 2. The van der Waals surface area contributed by atoms with Gasteiger partial charge in [0.2, 0.25) is 0 Å².